The van der Waals surface area contributed by atoms with E-state index in [1.165, 1.54) is 17.7 Å². The zero-order chi connectivity index (χ0) is 19.7. The highest BCUT2D eigenvalue weighted by Crippen LogP contribution is 2.41. The Balaban J connectivity index is 1.41. The number of benzene rings is 2. The summed E-state index contributed by atoms with van der Waals surface area (Å²) in [6.07, 6.45) is 2.97. The molecule has 1 atom stereocenters. The van der Waals surface area contributed by atoms with E-state index in [2.05, 4.69) is 5.32 Å². The quantitative estimate of drug-likeness (QED) is 0.860. The highest BCUT2D eigenvalue weighted by Gasteiger charge is 2.43. The molecule has 146 valence electrons. The summed E-state index contributed by atoms with van der Waals surface area (Å²) in [7, 11) is 0. The number of nitrogens with zero attached hydrogens (tertiary/aromatic N) is 1. The predicted octanol–water partition coefficient (Wildman–Crippen LogP) is 3.68. The molecule has 4 rings (SSSR count). The van der Waals surface area contributed by atoms with Crippen LogP contribution in [0.25, 0.3) is 0 Å². The molecule has 0 radical (unpaired) electrons. The molecule has 0 bridgehead atoms. The van der Waals surface area contributed by atoms with Gasteiger partial charge in [-0.3, -0.25) is 9.59 Å². The van der Waals surface area contributed by atoms with E-state index in [0.29, 0.717) is 13.1 Å². The fraction of sp³-hybridized carbons (Fsp3) is 0.391. The predicted molar refractivity (Wildman–Crippen MR) is 105 cm³/mol. The zero-order valence-electron chi connectivity index (χ0n) is 16.1. The molecule has 2 aliphatic rings. The van der Waals surface area contributed by atoms with Gasteiger partial charge < -0.3 is 10.2 Å². The Labute approximate surface area is 164 Å². The van der Waals surface area contributed by atoms with Crippen LogP contribution in [0.1, 0.15) is 42.4 Å². The minimum absolute atomic E-state index is 0.0187. The Morgan fingerprint density at radius 2 is 1.82 bits per heavy atom. The van der Waals surface area contributed by atoms with E-state index in [1.807, 2.05) is 31.2 Å². The Morgan fingerprint density at radius 1 is 1.14 bits per heavy atom. The van der Waals surface area contributed by atoms with Crippen molar-refractivity contribution in [3.63, 3.8) is 0 Å². The first kappa shape index (κ1) is 18.7. The molecule has 0 aromatic heterocycles. The summed E-state index contributed by atoms with van der Waals surface area (Å²) in [6.45, 7) is 3.01. The first-order valence-corrected chi connectivity index (χ1v) is 9.87. The van der Waals surface area contributed by atoms with Gasteiger partial charge in [-0.2, -0.15) is 0 Å². The summed E-state index contributed by atoms with van der Waals surface area (Å²) in [4.78, 5) is 27.1. The summed E-state index contributed by atoms with van der Waals surface area (Å²) >= 11 is 0. The minimum Gasteiger partial charge on any atom is -0.346 e. The van der Waals surface area contributed by atoms with Crippen LogP contribution >= 0.6 is 0 Å². The van der Waals surface area contributed by atoms with Gasteiger partial charge in [0.25, 0.3) is 0 Å². The number of hydrogen-bond donors (Lipinski definition) is 1. The van der Waals surface area contributed by atoms with Crippen molar-refractivity contribution in [3.05, 3.63) is 71.0 Å². The Kier molecular flexibility index (Phi) is 4.92. The van der Waals surface area contributed by atoms with Gasteiger partial charge in [-0.15, -0.1) is 0 Å². The van der Waals surface area contributed by atoms with Crippen molar-refractivity contribution >= 4 is 11.8 Å². The smallest absolute Gasteiger partial charge is 0.226 e. The van der Waals surface area contributed by atoms with Crippen LogP contribution in [0.5, 0.6) is 0 Å². The standard InChI is InChI=1S/C23H25FN2O2/c1-16-3-5-17(6-4-16)14-26-15-18(13-21(26)27)22(28)25-23(11-2-12-23)19-7-9-20(24)10-8-19/h3-10,18H,2,11-15H2,1H3,(H,25,28). The third kappa shape index (κ3) is 3.66. The molecule has 1 aliphatic carbocycles. The van der Waals surface area contributed by atoms with Crippen molar-refractivity contribution < 1.29 is 14.0 Å². The molecule has 1 aliphatic heterocycles. The summed E-state index contributed by atoms with van der Waals surface area (Å²) in [5, 5.41) is 3.18. The van der Waals surface area contributed by atoms with Crippen LogP contribution in [0.4, 0.5) is 4.39 Å². The van der Waals surface area contributed by atoms with Gasteiger partial charge >= 0.3 is 0 Å². The lowest BCUT2D eigenvalue weighted by Gasteiger charge is -2.43. The van der Waals surface area contributed by atoms with E-state index in [9.17, 15) is 14.0 Å². The first-order valence-electron chi connectivity index (χ1n) is 9.87. The average molecular weight is 380 g/mol. The third-order valence-corrected chi connectivity index (χ3v) is 6.05. The zero-order valence-corrected chi connectivity index (χ0v) is 16.1. The molecule has 4 nitrogen and oxygen atoms in total. The first-order chi connectivity index (χ1) is 13.4. The lowest BCUT2D eigenvalue weighted by molar-refractivity contribution is -0.130. The molecular weight excluding hydrogens is 355 g/mol. The van der Waals surface area contributed by atoms with Crippen LogP contribution in [-0.4, -0.2) is 23.3 Å². The summed E-state index contributed by atoms with van der Waals surface area (Å²) in [5.41, 5.74) is 2.77. The minimum atomic E-state index is -0.418. The maximum absolute atomic E-state index is 13.3. The van der Waals surface area contributed by atoms with Crippen molar-refractivity contribution in [1.82, 2.24) is 10.2 Å². The Morgan fingerprint density at radius 3 is 2.43 bits per heavy atom. The number of aryl methyl sites for hydroxylation is 1. The topological polar surface area (TPSA) is 49.4 Å². The second kappa shape index (κ2) is 7.38. The van der Waals surface area contributed by atoms with Gasteiger partial charge in [-0.05, 0) is 49.4 Å². The van der Waals surface area contributed by atoms with Gasteiger partial charge in [0.15, 0.2) is 0 Å². The van der Waals surface area contributed by atoms with Gasteiger partial charge in [-0.1, -0.05) is 42.0 Å². The molecule has 1 saturated carbocycles. The normalized spacial score (nSPS) is 20.7. The molecule has 1 heterocycles. The van der Waals surface area contributed by atoms with Crippen molar-refractivity contribution in [2.75, 3.05) is 6.54 Å². The number of rotatable bonds is 5. The van der Waals surface area contributed by atoms with E-state index >= 15 is 0 Å². The average Bonchev–Trinajstić information content (AvgIpc) is 3.01. The highest BCUT2D eigenvalue weighted by atomic mass is 19.1. The molecular formula is C23H25FN2O2. The molecule has 1 saturated heterocycles. The number of amides is 2. The largest absolute Gasteiger partial charge is 0.346 e. The number of carbonyl (C=O) groups excluding carboxylic acids is 2. The molecule has 1 unspecified atom stereocenters. The van der Waals surface area contributed by atoms with Crippen molar-refractivity contribution in [2.45, 2.75) is 44.7 Å². The summed E-state index contributed by atoms with van der Waals surface area (Å²) in [5.74, 6) is -0.678. The summed E-state index contributed by atoms with van der Waals surface area (Å²) in [6, 6.07) is 14.5. The molecule has 2 amide bonds. The third-order valence-electron chi connectivity index (χ3n) is 6.05. The van der Waals surface area contributed by atoms with Gasteiger partial charge in [-0.25, -0.2) is 4.39 Å². The molecule has 5 heteroatoms. The molecule has 0 spiro atoms. The highest BCUT2D eigenvalue weighted by molar-refractivity contribution is 5.89. The molecule has 2 aromatic carbocycles. The molecule has 28 heavy (non-hydrogen) atoms. The van der Waals surface area contributed by atoms with E-state index in [4.69, 9.17) is 0 Å². The summed E-state index contributed by atoms with van der Waals surface area (Å²) < 4.78 is 13.3. The molecule has 2 aromatic rings. The van der Waals surface area contributed by atoms with Crippen LogP contribution in [0.3, 0.4) is 0 Å². The fourth-order valence-corrected chi connectivity index (χ4v) is 4.14. The number of carbonyl (C=O) groups is 2. The van der Waals surface area contributed by atoms with Crippen LogP contribution in [0, 0.1) is 18.7 Å². The van der Waals surface area contributed by atoms with E-state index in [1.54, 1.807) is 17.0 Å². The number of halogens is 1. The van der Waals surface area contributed by atoms with E-state index in [0.717, 1.165) is 30.4 Å². The van der Waals surface area contributed by atoms with E-state index < -0.39 is 5.54 Å². The van der Waals surface area contributed by atoms with Gasteiger partial charge in [0.1, 0.15) is 5.82 Å². The van der Waals surface area contributed by atoms with Crippen LogP contribution in [-0.2, 0) is 21.7 Å². The van der Waals surface area contributed by atoms with Gasteiger partial charge in [0.2, 0.25) is 11.8 Å². The number of hydrogen-bond acceptors (Lipinski definition) is 2. The van der Waals surface area contributed by atoms with Crippen molar-refractivity contribution in [2.24, 2.45) is 5.92 Å². The maximum Gasteiger partial charge on any atom is 0.226 e. The lowest BCUT2D eigenvalue weighted by Crippen LogP contribution is -2.52. The maximum atomic E-state index is 13.3. The van der Waals surface area contributed by atoms with Crippen molar-refractivity contribution in [1.29, 1.82) is 0 Å². The Bertz CT molecular complexity index is 872. The van der Waals surface area contributed by atoms with Gasteiger partial charge in [0.05, 0.1) is 11.5 Å². The number of likely N-dealkylation sites (tertiary alicyclic amines) is 1. The SMILES string of the molecule is Cc1ccc(CN2CC(C(=O)NC3(c4ccc(F)cc4)CCC3)CC2=O)cc1. The molecule has 1 N–H and O–H groups in total. The van der Waals surface area contributed by atoms with E-state index in [-0.39, 0.29) is 30.0 Å². The lowest BCUT2D eigenvalue weighted by atomic mass is 9.71. The fourth-order valence-electron chi connectivity index (χ4n) is 4.14. The Hall–Kier alpha value is -2.69. The van der Waals surface area contributed by atoms with Crippen LogP contribution in [0.2, 0.25) is 0 Å². The van der Waals surface area contributed by atoms with Crippen LogP contribution in [0.15, 0.2) is 48.5 Å². The monoisotopic (exact) mass is 380 g/mol. The van der Waals surface area contributed by atoms with Crippen molar-refractivity contribution in [3.8, 4) is 0 Å². The second-order valence-electron chi connectivity index (χ2n) is 8.09. The van der Waals surface area contributed by atoms with Crippen LogP contribution < -0.4 is 5.32 Å². The molecule has 2 fully saturated rings. The second-order valence-corrected chi connectivity index (χ2v) is 8.09. The number of nitrogens with one attached hydrogen (secondary N) is 1. The van der Waals surface area contributed by atoms with Gasteiger partial charge in [0, 0.05) is 19.5 Å².